The van der Waals surface area contributed by atoms with Crippen LogP contribution in [0.2, 0.25) is 0 Å². The number of ether oxygens (including phenoxy) is 2. The average Bonchev–Trinajstić information content (AvgIpc) is 2.91. The third-order valence-electron chi connectivity index (χ3n) is 5.00. The van der Waals surface area contributed by atoms with E-state index in [0.717, 1.165) is 6.42 Å². The van der Waals surface area contributed by atoms with E-state index in [1.165, 1.54) is 4.90 Å². The molecule has 7 heteroatoms. The maximum absolute atomic E-state index is 12.9. The fraction of sp³-hybridized carbons (Fsp3) is 0.800. The van der Waals surface area contributed by atoms with E-state index in [4.69, 9.17) is 15.2 Å². The van der Waals surface area contributed by atoms with Crippen molar-refractivity contribution >= 4 is 6.09 Å². The Balaban J connectivity index is 0.00000676. The zero-order valence-corrected chi connectivity index (χ0v) is 22.5. The Morgan fingerprint density at radius 2 is 2.00 bits per heavy atom. The maximum atomic E-state index is 12.9. The van der Waals surface area contributed by atoms with E-state index in [1.54, 1.807) is 27.9 Å². The number of allylic oxidation sites excluding steroid dienone is 1. The quantitative estimate of drug-likeness (QED) is 0.419. The molecule has 0 unspecified atom stereocenters. The summed E-state index contributed by atoms with van der Waals surface area (Å²) >= 11 is 0. The third-order valence-corrected chi connectivity index (χ3v) is 5.00. The molecule has 1 amide bonds. The van der Waals surface area contributed by atoms with Crippen molar-refractivity contribution in [3.05, 3.63) is 17.9 Å². The fourth-order valence-corrected chi connectivity index (χ4v) is 3.69. The van der Waals surface area contributed by atoms with Gasteiger partial charge in [0.25, 0.3) is 0 Å². The van der Waals surface area contributed by atoms with Gasteiger partial charge in [-0.25, -0.2) is 4.79 Å². The minimum Gasteiger partial charge on any atom is -0.671 e. The molecule has 1 saturated heterocycles. The van der Waals surface area contributed by atoms with Crippen LogP contribution in [0.3, 0.4) is 0 Å². The van der Waals surface area contributed by atoms with Gasteiger partial charge in [0.1, 0.15) is 11.6 Å². The molecule has 5 atom stereocenters. The number of amides is 1. The van der Waals surface area contributed by atoms with Crippen LogP contribution in [0, 0.1) is 61.3 Å². The molecule has 1 heterocycles. The predicted molar refractivity (Wildman–Crippen MR) is 103 cm³/mol. The predicted octanol–water partition coefficient (Wildman–Crippen LogP) is 4.71. The van der Waals surface area contributed by atoms with E-state index in [-0.39, 0.29) is 50.0 Å². The van der Waals surface area contributed by atoms with Gasteiger partial charge in [-0.05, 0) is 53.4 Å². The van der Waals surface area contributed by atoms with Gasteiger partial charge in [-0.2, -0.15) is 5.26 Å². The number of nitrogens with zero attached hydrogens (tertiary/aromatic N) is 2. The SMILES string of the molecule is C/C=C\[C@@H]1C[C@H](C#N)N(C(=O)OC(C)(C)C)[C@H]1[C@@H]([NH-])[C@](C)(CCC)OC.[Ac]. The molecule has 1 rings (SSSR count). The van der Waals surface area contributed by atoms with Crippen molar-refractivity contribution in [2.24, 2.45) is 5.92 Å². The van der Waals surface area contributed by atoms with Gasteiger partial charge in [-0.3, -0.25) is 4.90 Å². The molecule has 0 aromatic carbocycles. The summed E-state index contributed by atoms with van der Waals surface area (Å²) in [5.41, 5.74) is 7.57. The molecule has 0 spiro atoms. The van der Waals surface area contributed by atoms with Crippen LogP contribution >= 0.6 is 0 Å². The summed E-state index contributed by atoms with van der Waals surface area (Å²) in [7, 11) is 1.61. The Kier molecular flexibility index (Phi) is 11.1. The molecule has 6 nitrogen and oxygen atoms in total. The number of carbonyl (C=O) groups is 1. The van der Waals surface area contributed by atoms with Crippen molar-refractivity contribution in [3.63, 3.8) is 0 Å². The van der Waals surface area contributed by atoms with Gasteiger partial charge in [0.2, 0.25) is 0 Å². The number of methoxy groups -OCH3 is 1. The fourth-order valence-electron chi connectivity index (χ4n) is 3.69. The van der Waals surface area contributed by atoms with Crippen molar-refractivity contribution in [2.45, 2.75) is 90.1 Å². The third kappa shape index (κ3) is 6.71. The molecule has 1 aliphatic heterocycles. The van der Waals surface area contributed by atoms with E-state index in [2.05, 4.69) is 6.07 Å². The second-order valence-corrected chi connectivity index (χ2v) is 8.19. The Morgan fingerprint density at radius 3 is 2.41 bits per heavy atom. The van der Waals surface area contributed by atoms with Crippen molar-refractivity contribution in [1.82, 2.24) is 4.90 Å². The number of hydrogen-bond acceptors (Lipinski definition) is 4. The first kappa shape index (κ1) is 26.9. The smallest absolute Gasteiger partial charge is 0.411 e. The molecule has 1 aliphatic rings. The van der Waals surface area contributed by atoms with E-state index < -0.39 is 35.4 Å². The molecule has 0 bridgehead atoms. The number of likely N-dealkylation sites (tertiary alicyclic amines) is 1. The second kappa shape index (κ2) is 11.2. The van der Waals surface area contributed by atoms with E-state index in [1.807, 2.05) is 32.9 Å². The average molecular weight is 592 g/mol. The molecule has 1 N–H and O–H groups in total. The first-order valence-corrected chi connectivity index (χ1v) is 9.34. The zero-order valence-electron chi connectivity index (χ0n) is 17.8. The van der Waals surface area contributed by atoms with Crippen LogP contribution in [0.4, 0.5) is 4.79 Å². The van der Waals surface area contributed by atoms with E-state index >= 15 is 0 Å². The van der Waals surface area contributed by atoms with Crippen LogP contribution < -0.4 is 0 Å². The Labute approximate surface area is 200 Å². The molecular formula is C20H34AcN3O3-. The molecule has 151 valence electrons. The summed E-state index contributed by atoms with van der Waals surface area (Å²) in [6.45, 7) is 11.3. The topological polar surface area (TPSA) is 86.4 Å². The summed E-state index contributed by atoms with van der Waals surface area (Å²) in [6.07, 6.45) is 5.45. The first-order chi connectivity index (χ1) is 12.0. The van der Waals surface area contributed by atoms with Gasteiger partial charge in [0, 0.05) is 57.2 Å². The van der Waals surface area contributed by atoms with Crippen LogP contribution in [0.25, 0.3) is 5.73 Å². The van der Waals surface area contributed by atoms with Crippen molar-refractivity contribution in [1.29, 1.82) is 5.26 Å². The monoisotopic (exact) mass is 591 g/mol. The molecule has 27 heavy (non-hydrogen) atoms. The normalized spacial score (nSPS) is 26.2. The number of rotatable bonds is 6. The summed E-state index contributed by atoms with van der Waals surface area (Å²) in [4.78, 5) is 14.3. The molecule has 0 aliphatic carbocycles. The second-order valence-electron chi connectivity index (χ2n) is 8.19. The van der Waals surface area contributed by atoms with Gasteiger partial charge < -0.3 is 15.2 Å². The van der Waals surface area contributed by atoms with Gasteiger partial charge in [-0.1, -0.05) is 31.5 Å². The number of hydrogen-bond donors (Lipinski definition) is 0. The number of carbonyl (C=O) groups excluding carboxylic acids is 1. The van der Waals surface area contributed by atoms with Crippen LogP contribution in [0.1, 0.15) is 60.8 Å². The largest absolute Gasteiger partial charge is 0.671 e. The van der Waals surface area contributed by atoms with Crippen LogP contribution in [0.5, 0.6) is 0 Å². The van der Waals surface area contributed by atoms with E-state index in [0.29, 0.717) is 12.8 Å². The van der Waals surface area contributed by atoms with Gasteiger partial charge in [0.15, 0.2) is 0 Å². The maximum Gasteiger partial charge on any atom is 0.411 e. The number of nitrogens with one attached hydrogen (secondary N) is 1. The van der Waals surface area contributed by atoms with E-state index in [9.17, 15) is 10.1 Å². The van der Waals surface area contributed by atoms with Crippen LogP contribution in [0.15, 0.2) is 12.2 Å². The van der Waals surface area contributed by atoms with Gasteiger partial charge >= 0.3 is 6.09 Å². The molecular weight excluding hydrogens is 557 g/mol. The standard InChI is InChI=1S/C20H34N3O3.Ac/c1-8-10-14-12-15(13-21)23(18(24)26-19(3,4)5)16(14)17(22)20(6,25-7)11-9-2;/h8,10,14-17,22H,9,11-12H2,1-7H3;/q-1;/b10-8-;/t14-,15-,16-,17-,20+;/m1./s1. The minimum atomic E-state index is -0.705. The molecule has 1 radical (unpaired) electrons. The van der Waals surface area contributed by atoms with Gasteiger partial charge in [-0.15, -0.1) is 0 Å². The molecule has 0 aromatic rings. The van der Waals surface area contributed by atoms with Crippen molar-refractivity contribution in [2.75, 3.05) is 7.11 Å². The van der Waals surface area contributed by atoms with Crippen LogP contribution in [-0.2, 0) is 9.47 Å². The summed E-state index contributed by atoms with van der Waals surface area (Å²) < 4.78 is 11.3. The Hall–Kier alpha value is -0.138. The van der Waals surface area contributed by atoms with Crippen molar-refractivity contribution < 1.29 is 58.3 Å². The molecule has 0 aromatic heterocycles. The number of nitriles is 1. The zero-order chi connectivity index (χ0) is 20.1. The summed E-state index contributed by atoms with van der Waals surface area (Å²) in [5.74, 6) is -0.0778. The summed E-state index contributed by atoms with van der Waals surface area (Å²) in [6, 6.07) is 0.452. The summed E-state index contributed by atoms with van der Waals surface area (Å²) in [5, 5.41) is 9.62. The minimum absolute atomic E-state index is 0. The molecule has 0 saturated carbocycles. The van der Waals surface area contributed by atoms with Crippen molar-refractivity contribution in [3.8, 4) is 6.07 Å². The Bertz CT molecular complexity index is 556. The first-order valence-electron chi connectivity index (χ1n) is 9.34. The van der Waals surface area contributed by atoms with Gasteiger partial charge in [0.05, 0.1) is 11.7 Å². The van der Waals surface area contributed by atoms with Crippen LogP contribution in [-0.4, -0.2) is 47.4 Å². The molecule has 1 fully saturated rings. The Morgan fingerprint density at radius 1 is 1.41 bits per heavy atom.